The van der Waals surface area contributed by atoms with Crippen LogP contribution in [0.5, 0.6) is 0 Å². The molecule has 0 nitrogen and oxygen atoms in total. The third kappa shape index (κ3) is 3.40. The zero-order valence-electron chi connectivity index (χ0n) is 7.03. The van der Waals surface area contributed by atoms with Crippen molar-refractivity contribution in [3.8, 4) is 0 Å². The van der Waals surface area contributed by atoms with Crippen LogP contribution in [0.4, 0.5) is 8.78 Å². The zero-order valence-corrected chi connectivity index (χ0v) is 10.00. The first kappa shape index (κ1) is 11.7. The summed E-state index contributed by atoms with van der Waals surface area (Å²) in [6.07, 6.45) is 1.60. The summed E-state index contributed by atoms with van der Waals surface area (Å²) in [7, 11) is 0. The Hall–Kier alpha value is -0.297. The van der Waals surface area contributed by atoms with Crippen molar-refractivity contribution in [1.29, 1.82) is 0 Å². The van der Waals surface area contributed by atoms with E-state index in [2.05, 4.69) is 0 Å². The molecule has 0 saturated carbocycles. The number of rotatable bonds is 2. The second-order valence-electron chi connectivity index (χ2n) is 2.43. The van der Waals surface area contributed by atoms with Crippen molar-refractivity contribution >= 4 is 0 Å². The van der Waals surface area contributed by atoms with Gasteiger partial charge < -0.3 is 0 Å². The largest absolute Gasteiger partial charge is 0.236 e. The van der Waals surface area contributed by atoms with E-state index in [4.69, 9.17) is 0 Å². The molecule has 0 amide bonds. The first-order valence-corrected chi connectivity index (χ1v) is 3.59. The summed E-state index contributed by atoms with van der Waals surface area (Å²) >= 11 is 0. The maximum atomic E-state index is 12.5. The molecule has 1 aromatic carbocycles. The summed E-state index contributed by atoms with van der Waals surface area (Å²) in [5, 5.41) is 0. The van der Waals surface area contributed by atoms with Crippen molar-refractivity contribution in [2.24, 2.45) is 0 Å². The second-order valence-corrected chi connectivity index (χ2v) is 2.43. The fraction of sp³-hybridized carbons (Fsp3) is 0.333. The molecular weight excluding hydrogens is 211 g/mol. The molecule has 0 spiro atoms. The average molecular weight is 221 g/mol. The third-order valence-corrected chi connectivity index (χ3v) is 1.40. The number of benzene rings is 1. The third-order valence-electron chi connectivity index (χ3n) is 1.40. The Bertz CT molecular complexity index is 228. The molecule has 12 heavy (non-hydrogen) atoms. The fourth-order valence-electron chi connectivity index (χ4n) is 0.986. The van der Waals surface area contributed by atoms with E-state index in [1.54, 1.807) is 0 Å². The molecular formula is C9H9F2Zn-. The molecule has 0 atom stereocenters. The molecule has 0 saturated heterocycles. The molecule has 0 N–H and O–H groups in total. The van der Waals surface area contributed by atoms with Crippen LogP contribution in [0.2, 0.25) is 0 Å². The van der Waals surface area contributed by atoms with Gasteiger partial charge >= 0.3 is 0 Å². The van der Waals surface area contributed by atoms with Crippen LogP contribution in [0.15, 0.2) is 12.1 Å². The number of aryl methyl sites for hydroxylation is 1. The summed E-state index contributed by atoms with van der Waals surface area (Å²) in [6.45, 7) is 1.96. The van der Waals surface area contributed by atoms with Crippen molar-refractivity contribution in [2.75, 3.05) is 0 Å². The maximum Gasteiger partial charge on any atom is 0.0139 e. The van der Waals surface area contributed by atoms with Crippen molar-refractivity contribution in [3.05, 3.63) is 35.4 Å². The van der Waals surface area contributed by atoms with Crippen LogP contribution in [-0.2, 0) is 25.9 Å². The molecule has 0 aliphatic rings. The normalized spacial score (nSPS) is 9.25. The Labute approximate surface area is 83.7 Å². The Morgan fingerprint density at radius 3 is 2.17 bits per heavy atom. The Morgan fingerprint density at radius 1 is 1.25 bits per heavy atom. The van der Waals surface area contributed by atoms with Crippen LogP contribution in [0.3, 0.4) is 0 Å². The Morgan fingerprint density at radius 2 is 1.75 bits per heavy atom. The minimum atomic E-state index is -0.617. The van der Waals surface area contributed by atoms with E-state index in [1.807, 2.05) is 13.0 Å². The molecule has 0 aromatic heterocycles. The molecule has 3 heteroatoms. The molecule has 0 aliphatic carbocycles. The molecule has 62 valence electrons. The predicted molar refractivity (Wildman–Crippen MR) is 39.2 cm³/mol. The summed E-state index contributed by atoms with van der Waals surface area (Å²) in [4.78, 5) is 0. The number of hydrogen-bond acceptors (Lipinski definition) is 0. The minimum Gasteiger partial charge on any atom is -0.236 e. The van der Waals surface area contributed by atoms with Crippen molar-refractivity contribution in [3.63, 3.8) is 0 Å². The summed E-state index contributed by atoms with van der Waals surface area (Å²) in [5.74, 6) is -1.23. The van der Waals surface area contributed by atoms with Gasteiger partial charge in [-0.15, -0.1) is 18.2 Å². The molecule has 0 bridgehead atoms. The van der Waals surface area contributed by atoms with Crippen LogP contribution in [-0.4, -0.2) is 0 Å². The Kier molecular flexibility index (Phi) is 5.23. The molecule has 0 heterocycles. The molecule has 1 aromatic rings. The summed E-state index contributed by atoms with van der Waals surface area (Å²) in [5.41, 5.74) is 0.696. The molecule has 0 unspecified atom stereocenters. The zero-order chi connectivity index (χ0) is 8.27. The van der Waals surface area contributed by atoms with Crippen LogP contribution >= 0.6 is 0 Å². The van der Waals surface area contributed by atoms with Gasteiger partial charge in [0.1, 0.15) is 0 Å². The summed E-state index contributed by atoms with van der Waals surface area (Å²) in [6, 6.07) is 4.56. The number of hydrogen-bond donors (Lipinski definition) is 0. The molecule has 1 rings (SSSR count). The molecule has 0 fully saturated rings. The smallest absolute Gasteiger partial charge is 0.0139 e. The fourth-order valence-corrected chi connectivity index (χ4v) is 0.986. The van der Waals surface area contributed by atoms with Crippen molar-refractivity contribution in [2.45, 2.75) is 19.8 Å². The second kappa shape index (κ2) is 5.37. The average Bonchev–Trinajstić information content (AvgIpc) is 1.85. The quantitative estimate of drug-likeness (QED) is 0.531. The van der Waals surface area contributed by atoms with Gasteiger partial charge in [0.2, 0.25) is 0 Å². The van der Waals surface area contributed by atoms with Crippen molar-refractivity contribution in [1.82, 2.24) is 0 Å². The number of halogens is 2. The molecule has 0 aliphatic heterocycles. The van der Waals surface area contributed by atoms with Gasteiger partial charge in [-0.2, -0.15) is 5.56 Å². The van der Waals surface area contributed by atoms with Crippen LogP contribution < -0.4 is 0 Å². The van der Waals surface area contributed by atoms with E-state index < -0.39 is 11.6 Å². The van der Waals surface area contributed by atoms with Gasteiger partial charge in [0.15, 0.2) is 0 Å². The van der Waals surface area contributed by atoms with E-state index in [1.165, 1.54) is 12.1 Å². The van der Waals surface area contributed by atoms with Gasteiger partial charge in [0.25, 0.3) is 0 Å². The first-order chi connectivity index (χ1) is 5.22. The van der Waals surface area contributed by atoms with Gasteiger partial charge in [0.05, 0.1) is 0 Å². The van der Waals surface area contributed by atoms with E-state index >= 15 is 0 Å². The van der Waals surface area contributed by atoms with Gasteiger partial charge in [0, 0.05) is 31.1 Å². The van der Waals surface area contributed by atoms with Gasteiger partial charge in [-0.1, -0.05) is 19.8 Å². The van der Waals surface area contributed by atoms with Crippen LogP contribution in [0.1, 0.15) is 18.9 Å². The van der Waals surface area contributed by atoms with Crippen LogP contribution in [0, 0.1) is 17.7 Å². The van der Waals surface area contributed by atoms with E-state index in [-0.39, 0.29) is 19.5 Å². The van der Waals surface area contributed by atoms with Gasteiger partial charge in [-0.25, -0.2) is 8.78 Å². The summed E-state index contributed by atoms with van der Waals surface area (Å²) < 4.78 is 24.9. The topological polar surface area (TPSA) is 0 Å². The van der Waals surface area contributed by atoms with E-state index in [9.17, 15) is 8.78 Å². The van der Waals surface area contributed by atoms with Gasteiger partial charge in [-0.3, -0.25) is 0 Å². The van der Waals surface area contributed by atoms with Crippen LogP contribution in [0.25, 0.3) is 0 Å². The predicted octanol–water partition coefficient (Wildman–Crippen LogP) is 2.71. The van der Waals surface area contributed by atoms with Gasteiger partial charge in [-0.05, 0) is 0 Å². The SMILES string of the molecule is CCCc1cc(F)[c-]c(F)c1.[Zn]. The standard InChI is InChI=1S/C9H9F2.Zn/c1-2-3-7-4-8(10)6-9(11)5-7;/h4-5H,2-3H2,1H3;/q-1;. The first-order valence-electron chi connectivity index (χ1n) is 3.59. The molecule has 0 radical (unpaired) electrons. The van der Waals surface area contributed by atoms with E-state index in [0.717, 1.165) is 6.42 Å². The van der Waals surface area contributed by atoms with Crippen molar-refractivity contribution < 1.29 is 28.3 Å². The minimum absolute atomic E-state index is 0. The maximum absolute atomic E-state index is 12.5. The van der Waals surface area contributed by atoms with E-state index in [0.29, 0.717) is 12.0 Å². The monoisotopic (exact) mass is 219 g/mol. The Balaban J connectivity index is 0.00000121.